The highest BCUT2D eigenvalue weighted by Crippen LogP contribution is 2.24. The van der Waals surface area contributed by atoms with Gasteiger partial charge in [-0.05, 0) is 32.2 Å². The van der Waals surface area contributed by atoms with Gasteiger partial charge in [0.1, 0.15) is 5.54 Å². The Kier molecular flexibility index (Phi) is 7.68. The van der Waals surface area contributed by atoms with Crippen LogP contribution in [-0.4, -0.2) is 41.9 Å². The minimum atomic E-state index is -0.800. The van der Waals surface area contributed by atoms with E-state index >= 15 is 0 Å². The number of amides is 2. The van der Waals surface area contributed by atoms with Gasteiger partial charge in [-0.1, -0.05) is 33.6 Å². The van der Waals surface area contributed by atoms with Gasteiger partial charge in [0.2, 0.25) is 11.8 Å². The molecule has 3 N–H and O–H groups in total. The maximum absolute atomic E-state index is 12.2. The van der Waals surface area contributed by atoms with Crippen LogP contribution in [0.25, 0.3) is 0 Å². The summed E-state index contributed by atoms with van der Waals surface area (Å²) < 4.78 is 0. The van der Waals surface area contributed by atoms with Crippen molar-refractivity contribution in [2.75, 3.05) is 19.6 Å². The Morgan fingerprint density at radius 3 is 2.46 bits per heavy atom. The molecule has 24 heavy (non-hydrogen) atoms. The Morgan fingerprint density at radius 2 is 1.96 bits per heavy atom. The summed E-state index contributed by atoms with van der Waals surface area (Å²) in [7, 11) is 0. The lowest BCUT2D eigenvalue weighted by molar-refractivity contribution is -0.126. The number of primary amides is 1. The third-order valence-electron chi connectivity index (χ3n) is 4.83. The van der Waals surface area contributed by atoms with Gasteiger partial charge < -0.3 is 16.0 Å². The summed E-state index contributed by atoms with van der Waals surface area (Å²) in [5.74, 6) is -0.743. The number of likely N-dealkylation sites (tertiary alicyclic amines) is 1. The van der Waals surface area contributed by atoms with Crippen molar-refractivity contribution in [1.29, 1.82) is 5.26 Å². The molecule has 0 unspecified atom stereocenters. The van der Waals surface area contributed by atoms with E-state index in [0.29, 0.717) is 12.8 Å². The van der Waals surface area contributed by atoms with Gasteiger partial charge in [-0.25, -0.2) is 0 Å². The van der Waals surface area contributed by atoms with E-state index in [0.717, 1.165) is 19.6 Å². The molecule has 1 radical (unpaired) electrons. The fraction of sp³-hybridized carbons (Fsp3) is 0.778. The Morgan fingerprint density at radius 1 is 1.33 bits per heavy atom. The molecular formula is C18H31N4O2. The number of hydrogen-bond donors (Lipinski definition) is 2. The van der Waals surface area contributed by atoms with Crippen molar-refractivity contribution >= 4 is 11.8 Å². The molecule has 2 amide bonds. The van der Waals surface area contributed by atoms with Crippen LogP contribution in [0.5, 0.6) is 0 Å². The van der Waals surface area contributed by atoms with Crippen molar-refractivity contribution in [2.45, 2.75) is 64.8 Å². The fourth-order valence-corrected chi connectivity index (χ4v) is 2.74. The summed E-state index contributed by atoms with van der Waals surface area (Å²) in [6.45, 7) is 8.29. The summed E-state index contributed by atoms with van der Waals surface area (Å²) in [4.78, 5) is 25.8. The van der Waals surface area contributed by atoms with E-state index < -0.39 is 16.9 Å². The van der Waals surface area contributed by atoms with E-state index in [1.54, 1.807) is 13.8 Å². The first kappa shape index (κ1) is 20.4. The van der Waals surface area contributed by atoms with E-state index in [2.05, 4.69) is 23.2 Å². The first-order valence-corrected chi connectivity index (χ1v) is 8.83. The largest absolute Gasteiger partial charge is 0.369 e. The molecule has 135 valence electrons. The van der Waals surface area contributed by atoms with Gasteiger partial charge in [0.05, 0.1) is 12.5 Å². The highest BCUT2D eigenvalue weighted by atomic mass is 16.2. The molecule has 0 aliphatic carbocycles. The minimum absolute atomic E-state index is 0.263. The molecule has 0 aromatic rings. The molecule has 0 aromatic heterocycles. The maximum Gasteiger partial charge on any atom is 0.225 e. The molecule has 1 fully saturated rings. The maximum atomic E-state index is 12.2. The Hall–Kier alpha value is -1.61. The van der Waals surface area contributed by atoms with Crippen molar-refractivity contribution in [3.8, 4) is 6.07 Å². The third kappa shape index (κ3) is 6.12. The van der Waals surface area contributed by atoms with Crippen LogP contribution in [-0.2, 0) is 9.59 Å². The summed E-state index contributed by atoms with van der Waals surface area (Å²) in [5, 5.41) is 12.4. The van der Waals surface area contributed by atoms with E-state index in [4.69, 9.17) is 5.73 Å². The smallest absolute Gasteiger partial charge is 0.225 e. The second-order valence-electron chi connectivity index (χ2n) is 7.39. The van der Waals surface area contributed by atoms with Crippen LogP contribution < -0.4 is 11.1 Å². The molecular weight excluding hydrogens is 304 g/mol. The number of unbranched alkanes of at least 4 members (excludes halogenated alkanes) is 2. The van der Waals surface area contributed by atoms with E-state index in [1.165, 1.54) is 25.7 Å². The van der Waals surface area contributed by atoms with Crippen molar-refractivity contribution in [2.24, 2.45) is 11.1 Å². The molecule has 0 saturated carbocycles. The van der Waals surface area contributed by atoms with Crippen LogP contribution >= 0.6 is 0 Å². The molecule has 1 aliphatic rings. The fourth-order valence-electron chi connectivity index (χ4n) is 2.74. The zero-order valence-electron chi connectivity index (χ0n) is 15.2. The first-order chi connectivity index (χ1) is 11.2. The number of rotatable bonds is 9. The number of hydrogen-bond acceptors (Lipinski definition) is 4. The molecule has 1 rings (SSSR count). The van der Waals surface area contributed by atoms with Crippen LogP contribution in [0.3, 0.4) is 0 Å². The lowest BCUT2D eigenvalue weighted by atomic mass is 9.85. The summed E-state index contributed by atoms with van der Waals surface area (Å²) in [5.41, 5.74) is 3.75. The average molecular weight is 335 g/mol. The number of carbonyl (C=O) groups excluding carboxylic acids is 2. The Balaban J connectivity index is 2.46. The number of nitriles is 1. The van der Waals surface area contributed by atoms with Crippen LogP contribution in [0.15, 0.2) is 0 Å². The number of nitrogens with zero attached hydrogens (tertiary/aromatic N) is 2. The second kappa shape index (κ2) is 9.03. The summed E-state index contributed by atoms with van der Waals surface area (Å²) in [6.07, 6.45) is 6.56. The molecule has 1 aliphatic heterocycles. The van der Waals surface area contributed by atoms with Crippen LogP contribution in [0.2, 0.25) is 0 Å². The predicted molar refractivity (Wildman–Crippen MR) is 93.6 cm³/mol. The SMILES string of the molecule is CCCCCN1CCC(C#N)(NC(=O)[CH]CC(C)(C)C(N)=O)CC1. The van der Waals surface area contributed by atoms with Gasteiger partial charge in [-0.3, -0.25) is 9.59 Å². The van der Waals surface area contributed by atoms with Gasteiger partial charge in [0.15, 0.2) is 0 Å². The van der Waals surface area contributed by atoms with Crippen molar-refractivity contribution in [1.82, 2.24) is 10.2 Å². The minimum Gasteiger partial charge on any atom is -0.369 e. The lowest BCUT2D eigenvalue weighted by Crippen LogP contribution is -2.54. The van der Waals surface area contributed by atoms with Gasteiger partial charge in [-0.2, -0.15) is 5.26 Å². The third-order valence-corrected chi connectivity index (χ3v) is 4.83. The van der Waals surface area contributed by atoms with E-state index in [1.807, 2.05) is 0 Å². The van der Waals surface area contributed by atoms with Gasteiger partial charge in [0.25, 0.3) is 0 Å². The molecule has 6 heteroatoms. The molecule has 0 aromatic carbocycles. The first-order valence-electron chi connectivity index (χ1n) is 8.83. The predicted octanol–water partition coefficient (Wildman–Crippen LogP) is 1.76. The number of carbonyl (C=O) groups is 2. The highest BCUT2D eigenvalue weighted by molar-refractivity contribution is 5.87. The molecule has 0 spiro atoms. The monoisotopic (exact) mass is 335 g/mol. The zero-order chi connectivity index (χ0) is 18.2. The lowest BCUT2D eigenvalue weighted by Gasteiger charge is -2.38. The van der Waals surface area contributed by atoms with E-state index in [9.17, 15) is 14.9 Å². The van der Waals surface area contributed by atoms with E-state index in [-0.39, 0.29) is 12.3 Å². The molecule has 1 saturated heterocycles. The van der Waals surface area contributed by atoms with Crippen LogP contribution in [0.4, 0.5) is 0 Å². The standard InChI is InChI=1S/C18H31N4O2/c1-4-5-6-11-22-12-9-18(14-19,10-13-22)21-15(23)7-8-17(2,3)16(20)24/h7H,4-6,8-13H2,1-3H3,(H2,20,24)(H,21,23). The quantitative estimate of drug-likeness (QED) is 0.627. The second-order valence-corrected chi connectivity index (χ2v) is 7.39. The summed E-state index contributed by atoms with van der Waals surface area (Å²) in [6, 6.07) is 2.29. The van der Waals surface area contributed by atoms with Gasteiger partial charge in [0, 0.05) is 18.5 Å². The highest BCUT2D eigenvalue weighted by Gasteiger charge is 2.36. The van der Waals surface area contributed by atoms with Crippen molar-refractivity contribution in [3.05, 3.63) is 6.42 Å². The molecule has 0 atom stereocenters. The number of nitrogens with two attached hydrogens (primary N) is 1. The zero-order valence-corrected chi connectivity index (χ0v) is 15.2. The van der Waals surface area contributed by atoms with Crippen LogP contribution in [0, 0.1) is 23.2 Å². The molecule has 0 bridgehead atoms. The number of nitrogens with one attached hydrogen (secondary N) is 1. The Labute approximate surface area is 145 Å². The number of piperidine rings is 1. The Bertz CT molecular complexity index is 474. The summed E-state index contributed by atoms with van der Waals surface area (Å²) >= 11 is 0. The average Bonchev–Trinajstić information content (AvgIpc) is 2.55. The van der Waals surface area contributed by atoms with Gasteiger partial charge in [-0.15, -0.1) is 0 Å². The van der Waals surface area contributed by atoms with Gasteiger partial charge >= 0.3 is 0 Å². The van der Waals surface area contributed by atoms with Crippen LogP contribution in [0.1, 0.15) is 59.3 Å². The molecule has 6 nitrogen and oxygen atoms in total. The molecule has 1 heterocycles. The van der Waals surface area contributed by atoms with Crippen molar-refractivity contribution < 1.29 is 9.59 Å². The normalized spacial score (nSPS) is 17.9. The topological polar surface area (TPSA) is 99.2 Å². The van der Waals surface area contributed by atoms with Crippen molar-refractivity contribution in [3.63, 3.8) is 0 Å².